The Bertz CT molecular complexity index is 3390. The minimum absolute atomic E-state index is 0.000958. The predicted molar refractivity (Wildman–Crippen MR) is 297 cm³/mol. The first-order chi connectivity index (χ1) is 38.6. The fourth-order valence-electron chi connectivity index (χ4n) is 11.4. The molecule has 0 aliphatic carbocycles. The summed E-state index contributed by atoms with van der Waals surface area (Å²) >= 11 is 6.60. The maximum absolute atomic E-state index is 14.8. The summed E-state index contributed by atoms with van der Waals surface area (Å²) in [5, 5.41) is 21.9. The molecule has 424 valence electrons. The molecule has 10 rings (SSSR count). The van der Waals surface area contributed by atoms with E-state index in [0.717, 1.165) is 29.7 Å². The Morgan fingerprint density at radius 1 is 0.900 bits per heavy atom. The molecule has 0 spiro atoms. The number of carbonyl (C=O) groups excluding carboxylic acids is 4. The molecule has 6 aromatic rings. The van der Waals surface area contributed by atoms with Gasteiger partial charge in [-0.15, -0.1) is 0 Å². The van der Waals surface area contributed by atoms with Gasteiger partial charge in [0.05, 0.1) is 37.6 Å². The van der Waals surface area contributed by atoms with Crippen LogP contribution in [0.2, 0.25) is 5.02 Å². The highest BCUT2D eigenvalue weighted by Gasteiger charge is 2.36. The molecule has 0 bridgehead atoms. The van der Waals surface area contributed by atoms with E-state index in [1.807, 2.05) is 15.9 Å². The zero-order chi connectivity index (χ0) is 56.4. The number of hydrogen-bond donors (Lipinski definition) is 4. The van der Waals surface area contributed by atoms with Gasteiger partial charge in [-0.1, -0.05) is 11.6 Å². The molecule has 4 aliphatic heterocycles. The van der Waals surface area contributed by atoms with Gasteiger partial charge in [0.15, 0.2) is 24.0 Å². The van der Waals surface area contributed by atoms with Crippen LogP contribution in [0.4, 0.5) is 42.5 Å². The van der Waals surface area contributed by atoms with Crippen LogP contribution in [0.1, 0.15) is 79.8 Å². The number of anilines is 5. The lowest BCUT2D eigenvalue weighted by molar-refractivity contribution is -0.133. The number of rotatable bonds is 16. The van der Waals surface area contributed by atoms with Crippen LogP contribution in [0.3, 0.4) is 0 Å². The third kappa shape index (κ3) is 11.4. The number of piperidine rings is 2. The van der Waals surface area contributed by atoms with E-state index in [9.17, 15) is 32.8 Å². The molecule has 0 unspecified atom stereocenters. The number of nitrogens with one attached hydrogen (secondary N) is 4. The molecule has 4 N–H and O–H groups in total. The third-order valence-corrected chi connectivity index (χ3v) is 16.0. The van der Waals surface area contributed by atoms with Gasteiger partial charge >= 0.3 is 6.03 Å². The maximum atomic E-state index is 14.8. The van der Waals surface area contributed by atoms with Crippen LogP contribution in [-0.2, 0) is 47.9 Å². The smallest absolute Gasteiger partial charge is 0.317 e. The van der Waals surface area contributed by atoms with Gasteiger partial charge < -0.3 is 54.9 Å². The first kappa shape index (κ1) is 55.3. The minimum Gasteiger partial charge on any atom is -0.494 e. The summed E-state index contributed by atoms with van der Waals surface area (Å²) in [4.78, 5) is 81.7. The average Bonchev–Trinajstić information content (AvgIpc) is 4.12. The number of carbonyl (C=O) groups is 4. The molecule has 80 heavy (non-hydrogen) atoms. The SMILES string of the molecule is CNC(=O)COc1cc2cc(Nc3nc(N4CCC(C(=O)NCCCC(=O)N5CCC(n6nc(N7CCCc8cc(-c9cnn(C)c9)c(C(F)F)cc87)c7c6CCN(C(=O)NC)C7)CC5)CC4)ncc3Cl)cc(OC)c2n(C)c1=O. The average molecular weight is 1120 g/mol. The zero-order valence-electron chi connectivity index (χ0n) is 45.5. The lowest BCUT2D eigenvalue weighted by Crippen LogP contribution is -2.42. The van der Waals surface area contributed by atoms with Gasteiger partial charge in [-0.2, -0.15) is 15.2 Å². The highest BCUT2D eigenvalue weighted by molar-refractivity contribution is 6.33. The number of halogens is 3. The molecule has 4 aromatic heterocycles. The van der Waals surface area contributed by atoms with Crippen molar-refractivity contribution in [1.82, 2.24) is 59.8 Å². The standard InChI is InChI=1S/C55H66ClF2N15O7/c1-59-46(74)31-80-45-24-34-22-36(25-44(79-5)48(34)68(4)53(45)77)64-50-41(56)28-62-54(65-50)70-17-10-32(11-18-70)52(76)61-15-6-9-47(75)69-19-12-37(13-20-69)73-42-14-21-71(55(78)60-2)30-40(42)51(66-73)72-16-7-8-33-23-38(35-27-63-67(3)29-35)39(49(57)58)26-43(33)72/h22-29,32,37,49H,6-21,30-31H2,1-5H3,(H,59,74)(H,60,78)(H,61,76)(H,62,64,65). The molecule has 0 radical (unpaired) electrons. The van der Waals surface area contributed by atoms with Crippen LogP contribution < -0.4 is 46.1 Å². The second kappa shape index (κ2) is 23.7. The number of amides is 5. The molecule has 2 aromatic carbocycles. The maximum Gasteiger partial charge on any atom is 0.317 e. The van der Waals surface area contributed by atoms with E-state index in [2.05, 4.69) is 40.9 Å². The fourth-order valence-corrected chi connectivity index (χ4v) is 11.6. The van der Waals surface area contributed by atoms with Crippen LogP contribution in [-0.4, -0.2) is 141 Å². The second-order valence-electron chi connectivity index (χ2n) is 20.7. The van der Waals surface area contributed by atoms with Crippen LogP contribution in [0, 0.1) is 5.92 Å². The summed E-state index contributed by atoms with van der Waals surface area (Å²) in [6, 6.07) is 8.34. The molecular formula is C55H66ClF2N15O7. The van der Waals surface area contributed by atoms with E-state index in [1.54, 1.807) is 67.4 Å². The molecule has 5 amide bonds. The van der Waals surface area contributed by atoms with E-state index in [1.165, 1.54) is 24.9 Å². The Hall–Kier alpha value is -8.02. The fraction of sp³-hybridized carbons (Fsp3) is 0.473. The van der Waals surface area contributed by atoms with Crippen molar-refractivity contribution in [2.45, 2.75) is 76.8 Å². The zero-order valence-corrected chi connectivity index (χ0v) is 46.2. The van der Waals surface area contributed by atoms with Gasteiger partial charge in [0.2, 0.25) is 17.8 Å². The topological polar surface area (TPSA) is 231 Å². The van der Waals surface area contributed by atoms with E-state index >= 15 is 0 Å². The lowest BCUT2D eigenvalue weighted by Gasteiger charge is -2.34. The summed E-state index contributed by atoms with van der Waals surface area (Å²) in [5.41, 5.74) is 5.27. The summed E-state index contributed by atoms with van der Waals surface area (Å²) in [5.74, 6) is 1.24. The Kier molecular flexibility index (Phi) is 16.4. The number of fused-ring (bicyclic) bond motifs is 3. The second-order valence-corrected chi connectivity index (χ2v) is 21.1. The Morgan fingerprint density at radius 2 is 1.69 bits per heavy atom. The van der Waals surface area contributed by atoms with Crippen LogP contribution in [0.5, 0.6) is 11.5 Å². The quantitative estimate of drug-likeness (QED) is 0.0797. The molecule has 8 heterocycles. The highest BCUT2D eigenvalue weighted by atomic mass is 35.5. The molecular weight excluding hydrogens is 1060 g/mol. The summed E-state index contributed by atoms with van der Waals surface area (Å²) in [6.07, 6.45) is 7.55. The molecule has 2 saturated heterocycles. The first-order valence-corrected chi connectivity index (χ1v) is 27.4. The number of aryl methyl sites for hydroxylation is 3. The Morgan fingerprint density at radius 3 is 2.40 bits per heavy atom. The lowest BCUT2D eigenvalue weighted by atomic mass is 9.92. The number of urea groups is 1. The first-order valence-electron chi connectivity index (χ1n) is 27.1. The highest BCUT2D eigenvalue weighted by Crippen LogP contribution is 2.44. The van der Waals surface area contributed by atoms with Crippen molar-refractivity contribution >= 4 is 75.2 Å². The Labute approximate surface area is 465 Å². The molecule has 0 saturated carbocycles. The number of pyridine rings is 1. The molecule has 4 aliphatic rings. The van der Waals surface area contributed by atoms with Gasteiger partial charge in [-0.3, -0.25) is 28.5 Å². The largest absolute Gasteiger partial charge is 0.494 e. The third-order valence-electron chi connectivity index (χ3n) is 15.7. The monoisotopic (exact) mass is 1120 g/mol. The Balaban J connectivity index is 0.721. The van der Waals surface area contributed by atoms with Crippen molar-refractivity contribution in [3.63, 3.8) is 0 Å². The van der Waals surface area contributed by atoms with Crippen molar-refractivity contribution in [3.05, 3.63) is 86.7 Å². The molecule has 0 atom stereocenters. The van der Waals surface area contributed by atoms with Crippen LogP contribution in [0.25, 0.3) is 22.0 Å². The van der Waals surface area contributed by atoms with Crippen molar-refractivity contribution < 1.29 is 37.4 Å². The normalized spacial score (nSPS) is 15.9. The van der Waals surface area contributed by atoms with Gasteiger partial charge in [0.25, 0.3) is 17.9 Å². The number of likely N-dealkylation sites (N-methyl/N-ethyl adjacent to an activating group) is 1. The van der Waals surface area contributed by atoms with Crippen LogP contribution in [0.15, 0.2) is 53.7 Å². The van der Waals surface area contributed by atoms with Crippen molar-refractivity contribution in [1.29, 1.82) is 0 Å². The number of nitrogens with zero attached hydrogens (tertiary/aromatic N) is 11. The number of alkyl halides is 2. The van der Waals surface area contributed by atoms with Gasteiger partial charge in [0.1, 0.15) is 10.8 Å². The van der Waals surface area contributed by atoms with Gasteiger partial charge in [-0.25, -0.2) is 18.6 Å². The number of benzene rings is 2. The van der Waals surface area contributed by atoms with E-state index in [0.29, 0.717) is 154 Å². The number of methoxy groups -OCH3 is 1. The van der Waals surface area contributed by atoms with Crippen molar-refractivity contribution in [2.75, 3.05) is 88.7 Å². The van der Waals surface area contributed by atoms with E-state index < -0.39 is 12.0 Å². The number of hydrogen-bond acceptors (Lipinski definition) is 14. The number of likely N-dealkylation sites (tertiary alicyclic amines) is 1. The number of ether oxygens (including phenoxy) is 2. The summed E-state index contributed by atoms with van der Waals surface area (Å²) < 4.78 is 45.9. The van der Waals surface area contributed by atoms with Crippen molar-refractivity contribution in [3.8, 4) is 22.6 Å². The molecule has 22 nitrogen and oxygen atoms in total. The predicted octanol–water partition coefficient (Wildman–Crippen LogP) is 6.15. The van der Waals surface area contributed by atoms with Crippen molar-refractivity contribution in [2.24, 2.45) is 20.0 Å². The molecule has 25 heteroatoms. The van der Waals surface area contributed by atoms with E-state index in [4.69, 9.17) is 31.2 Å². The van der Waals surface area contributed by atoms with Gasteiger partial charge in [-0.05, 0) is 80.3 Å². The molecule has 2 fully saturated rings. The van der Waals surface area contributed by atoms with Crippen LogP contribution >= 0.6 is 11.6 Å². The number of aromatic nitrogens is 7. The van der Waals surface area contributed by atoms with E-state index in [-0.39, 0.29) is 58.7 Å². The summed E-state index contributed by atoms with van der Waals surface area (Å²) in [6.45, 7) is 3.61. The van der Waals surface area contributed by atoms with Gasteiger partial charge in [0, 0.05) is 144 Å². The minimum atomic E-state index is -2.71. The summed E-state index contributed by atoms with van der Waals surface area (Å²) in [7, 11) is 7.94.